The highest BCUT2D eigenvalue weighted by Crippen LogP contribution is 2.32. The predicted molar refractivity (Wildman–Crippen MR) is 92.8 cm³/mol. The van der Waals surface area contributed by atoms with Gasteiger partial charge in [0.25, 0.3) is 0 Å². The van der Waals surface area contributed by atoms with Crippen LogP contribution in [0.4, 0.5) is 5.69 Å². The average Bonchev–Trinajstić information content (AvgIpc) is 2.90. The standard InChI is InChI=1S/C19H22N4O/c1-13-9-15-5-3-4-6-18(15)23(13)19(24)12-22-8-7-16-10-20-14(2)21-17(16)11-22/h3-6,10,13H,7-9,11-12H2,1-2H3. The van der Waals surface area contributed by atoms with Crippen molar-refractivity contribution < 1.29 is 4.79 Å². The van der Waals surface area contributed by atoms with Gasteiger partial charge in [0.1, 0.15) is 5.82 Å². The molecule has 4 rings (SSSR count). The van der Waals surface area contributed by atoms with Crippen molar-refractivity contribution >= 4 is 11.6 Å². The third-order valence-electron chi connectivity index (χ3n) is 4.98. The van der Waals surface area contributed by atoms with Gasteiger partial charge >= 0.3 is 0 Å². The molecule has 1 amide bonds. The fourth-order valence-corrected chi connectivity index (χ4v) is 3.81. The molecule has 5 nitrogen and oxygen atoms in total. The lowest BCUT2D eigenvalue weighted by molar-refractivity contribution is -0.120. The van der Waals surface area contributed by atoms with E-state index in [-0.39, 0.29) is 11.9 Å². The Morgan fingerprint density at radius 2 is 2.12 bits per heavy atom. The largest absolute Gasteiger partial charge is 0.308 e. The van der Waals surface area contributed by atoms with E-state index in [1.54, 1.807) is 0 Å². The van der Waals surface area contributed by atoms with Crippen LogP contribution in [-0.4, -0.2) is 39.9 Å². The van der Waals surface area contributed by atoms with Crippen molar-refractivity contribution in [2.75, 3.05) is 18.0 Å². The lowest BCUT2D eigenvalue weighted by atomic mass is 10.1. The summed E-state index contributed by atoms with van der Waals surface area (Å²) < 4.78 is 0. The number of nitrogens with zero attached hydrogens (tertiary/aromatic N) is 4. The number of carbonyl (C=O) groups is 1. The number of hydrogen-bond donors (Lipinski definition) is 0. The second kappa shape index (κ2) is 5.98. The van der Waals surface area contributed by atoms with E-state index in [1.165, 1.54) is 11.1 Å². The number of benzene rings is 1. The number of anilines is 1. The van der Waals surface area contributed by atoms with Crippen LogP contribution in [0, 0.1) is 6.92 Å². The van der Waals surface area contributed by atoms with Gasteiger partial charge in [0.05, 0.1) is 12.2 Å². The lowest BCUT2D eigenvalue weighted by Crippen LogP contribution is -2.44. The third-order valence-corrected chi connectivity index (χ3v) is 4.98. The molecule has 2 aliphatic heterocycles. The summed E-state index contributed by atoms with van der Waals surface area (Å²) in [7, 11) is 0. The molecule has 0 spiro atoms. The molecule has 0 radical (unpaired) electrons. The molecule has 1 atom stereocenters. The van der Waals surface area contributed by atoms with Crippen LogP contribution in [0.5, 0.6) is 0 Å². The quantitative estimate of drug-likeness (QED) is 0.850. The van der Waals surface area contributed by atoms with Gasteiger partial charge in [-0.3, -0.25) is 9.69 Å². The summed E-state index contributed by atoms with van der Waals surface area (Å²) in [6.07, 6.45) is 3.78. The van der Waals surface area contributed by atoms with E-state index in [0.717, 1.165) is 43.1 Å². The van der Waals surface area contributed by atoms with E-state index in [9.17, 15) is 4.79 Å². The molecule has 2 aliphatic rings. The van der Waals surface area contributed by atoms with Crippen LogP contribution in [0.25, 0.3) is 0 Å². The number of aromatic nitrogens is 2. The molecule has 24 heavy (non-hydrogen) atoms. The first-order valence-corrected chi connectivity index (χ1v) is 8.55. The first-order chi connectivity index (χ1) is 11.6. The number of amides is 1. The van der Waals surface area contributed by atoms with Crippen LogP contribution in [0.15, 0.2) is 30.5 Å². The molecule has 124 valence electrons. The molecule has 0 saturated carbocycles. The Kier molecular flexibility index (Phi) is 3.81. The monoisotopic (exact) mass is 322 g/mol. The Morgan fingerprint density at radius 3 is 3.00 bits per heavy atom. The van der Waals surface area contributed by atoms with Gasteiger partial charge in [-0.1, -0.05) is 18.2 Å². The Hall–Kier alpha value is -2.27. The zero-order valence-electron chi connectivity index (χ0n) is 14.2. The normalized spacial score (nSPS) is 19.9. The highest BCUT2D eigenvalue weighted by atomic mass is 16.2. The summed E-state index contributed by atoms with van der Waals surface area (Å²) in [5.74, 6) is 0.977. The van der Waals surface area contributed by atoms with Crippen LogP contribution in [0.3, 0.4) is 0 Å². The highest BCUT2D eigenvalue weighted by molar-refractivity contribution is 5.97. The zero-order chi connectivity index (χ0) is 16.7. The van der Waals surface area contributed by atoms with Crippen molar-refractivity contribution in [3.63, 3.8) is 0 Å². The minimum absolute atomic E-state index is 0.182. The maximum Gasteiger partial charge on any atom is 0.241 e. The number of rotatable bonds is 2. The van der Waals surface area contributed by atoms with Crippen molar-refractivity contribution in [1.82, 2.24) is 14.9 Å². The minimum Gasteiger partial charge on any atom is -0.308 e. The number of carbonyl (C=O) groups excluding carboxylic acids is 1. The molecule has 1 aromatic carbocycles. The van der Waals surface area contributed by atoms with Gasteiger partial charge in [-0.2, -0.15) is 0 Å². The van der Waals surface area contributed by atoms with Crippen molar-refractivity contribution in [3.8, 4) is 0 Å². The smallest absolute Gasteiger partial charge is 0.241 e. The van der Waals surface area contributed by atoms with Crippen molar-refractivity contribution in [1.29, 1.82) is 0 Å². The molecule has 1 unspecified atom stereocenters. The summed E-state index contributed by atoms with van der Waals surface area (Å²) in [6.45, 7) is 6.09. The van der Waals surface area contributed by atoms with Crippen molar-refractivity contribution in [2.24, 2.45) is 0 Å². The number of para-hydroxylation sites is 1. The van der Waals surface area contributed by atoms with Gasteiger partial charge in [-0.25, -0.2) is 9.97 Å². The van der Waals surface area contributed by atoms with Gasteiger partial charge in [0.15, 0.2) is 0 Å². The summed E-state index contributed by atoms with van der Waals surface area (Å²) in [6, 6.07) is 8.46. The summed E-state index contributed by atoms with van der Waals surface area (Å²) in [5.41, 5.74) is 4.62. The molecule has 2 aromatic rings. The van der Waals surface area contributed by atoms with Crippen LogP contribution in [-0.2, 0) is 24.2 Å². The van der Waals surface area contributed by atoms with Crippen LogP contribution in [0.1, 0.15) is 29.6 Å². The van der Waals surface area contributed by atoms with Gasteiger partial charge in [-0.05, 0) is 43.9 Å². The Balaban J connectivity index is 1.49. The Bertz CT molecular complexity index is 789. The third kappa shape index (κ3) is 2.69. The second-order valence-electron chi connectivity index (χ2n) is 6.80. The summed E-state index contributed by atoms with van der Waals surface area (Å²) >= 11 is 0. The summed E-state index contributed by atoms with van der Waals surface area (Å²) in [5, 5.41) is 0. The molecule has 0 bridgehead atoms. The maximum atomic E-state index is 12.9. The molecule has 0 fully saturated rings. The lowest BCUT2D eigenvalue weighted by Gasteiger charge is -2.30. The molecule has 1 aromatic heterocycles. The van der Waals surface area contributed by atoms with Gasteiger partial charge < -0.3 is 4.90 Å². The van der Waals surface area contributed by atoms with Crippen molar-refractivity contribution in [2.45, 2.75) is 39.3 Å². The van der Waals surface area contributed by atoms with Crippen LogP contribution >= 0.6 is 0 Å². The minimum atomic E-state index is 0.182. The fraction of sp³-hybridized carbons (Fsp3) is 0.421. The van der Waals surface area contributed by atoms with E-state index < -0.39 is 0 Å². The summed E-state index contributed by atoms with van der Waals surface area (Å²) in [4.78, 5) is 25.9. The average molecular weight is 322 g/mol. The van der Waals surface area contributed by atoms with E-state index in [0.29, 0.717) is 6.54 Å². The van der Waals surface area contributed by atoms with E-state index in [1.807, 2.05) is 30.2 Å². The first-order valence-electron chi connectivity index (χ1n) is 8.55. The number of fused-ring (bicyclic) bond motifs is 2. The molecule has 0 saturated heterocycles. The molecule has 3 heterocycles. The first kappa shape index (κ1) is 15.3. The van der Waals surface area contributed by atoms with Crippen LogP contribution in [0.2, 0.25) is 0 Å². The molecule has 5 heteroatoms. The van der Waals surface area contributed by atoms with E-state index >= 15 is 0 Å². The van der Waals surface area contributed by atoms with Gasteiger partial charge in [0.2, 0.25) is 5.91 Å². The molecule has 0 aliphatic carbocycles. The Morgan fingerprint density at radius 1 is 1.29 bits per heavy atom. The zero-order valence-corrected chi connectivity index (χ0v) is 14.2. The number of hydrogen-bond acceptors (Lipinski definition) is 4. The van der Waals surface area contributed by atoms with Gasteiger partial charge in [0, 0.05) is 31.0 Å². The van der Waals surface area contributed by atoms with E-state index in [2.05, 4.69) is 33.9 Å². The second-order valence-corrected chi connectivity index (χ2v) is 6.80. The van der Waals surface area contributed by atoms with E-state index in [4.69, 9.17) is 0 Å². The molecule has 0 N–H and O–H groups in total. The number of aryl methyl sites for hydroxylation is 1. The topological polar surface area (TPSA) is 49.3 Å². The van der Waals surface area contributed by atoms with Crippen molar-refractivity contribution in [3.05, 3.63) is 53.1 Å². The maximum absolute atomic E-state index is 12.9. The fourth-order valence-electron chi connectivity index (χ4n) is 3.81. The SMILES string of the molecule is Cc1ncc2c(n1)CN(CC(=O)N1c3ccccc3CC1C)CC2. The van der Waals surface area contributed by atoms with Crippen LogP contribution < -0.4 is 4.90 Å². The van der Waals surface area contributed by atoms with Gasteiger partial charge in [-0.15, -0.1) is 0 Å². The molecular weight excluding hydrogens is 300 g/mol. The Labute approximate surface area is 142 Å². The molecular formula is C19H22N4O. The predicted octanol–water partition coefficient (Wildman–Crippen LogP) is 2.12. The highest BCUT2D eigenvalue weighted by Gasteiger charge is 2.31.